The van der Waals surface area contributed by atoms with Crippen LogP contribution in [0.4, 0.5) is 0 Å². The van der Waals surface area contributed by atoms with Crippen molar-refractivity contribution in [2.24, 2.45) is 0 Å². The Morgan fingerprint density at radius 2 is 1.95 bits per heavy atom. The molecule has 19 heavy (non-hydrogen) atoms. The van der Waals surface area contributed by atoms with Crippen molar-refractivity contribution in [3.63, 3.8) is 0 Å². The van der Waals surface area contributed by atoms with E-state index in [2.05, 4.69) is 10.0 Å². The van der Waals surface area contributed by atoms with E-state index in [1.54, 1.807) is 0 Å². The van der Waals surface area contributed by atoms with Gasteiger partial charge in [-0.15, -0.1) is 0 Å². The highest BCUT2D eigenvalue weighted by atomic mass is 32.2. The Hall–Kier alpha value is -0.210. The van der Waals surface area contributed by atoms with Crippen molar-refractivity contribution in [1.29, 1.82) is 0 Å². The number of sulfonamides is 1. The Morgan fingerprint density at radius 3 is 2.58 bits per heavy atom. The van der Waals surface area contributed by atoms with Gasteiger partial charge < -0.3 is 15.2 Å². The summed E-state index contributed by atoms with van der Waals surface area (Å²) in [5.74, 6) is 0. The highest BCUT2D eigenvalue weighted by Crippen LogP contribution is 2.20. The second-order valence-corrected chi connectivity index (χ2v) is 6.95. The van der Waals surface area contributed by atoms with E-state index >= 15 is 0 Å². The van der Waals surface area contributed by atoms with Crippen molar-refractivity contribution in [1.82, 2.24) is 10.0 Å². The van der Waals surface area contributed by atoms with E-state index in [9.17, 15) is 13.5 Å². The quantitative estimate of drug-likeness (QED) is 0.514. The molecular formula is C12H26N2O4S. The van der Waals surface area contributed by atoms with Gasteiger partial charge in [-0.2, -0.15) is 0 Å². The Bertz CT molecular complexity index is 329. The molecule has 0 spiro atoms. The normalized spacial score (nSPS) is 19.5. The van der Waals surface area contributed by atoms with Gasteiger partial charge >= 0.3 is 0 Å². The Kier molecular flexibility index (Phi) is 7.86. The molecule has 6 nitrogen and oxygen atoms in total. The monoisotopic (exact) mass is 294 g/mol. The molecule has 0 amide bonds. The van der Waals surface area contributed by atoms with Crippen LogP contribution >= 0.6 is 0 Å². The molecule has 0 saturated heterocycles. The van der Waals surface area contributed by atoms with Gasteiger partial charge in [-0.25, -0.2) is 13.1 Å². The molecule has 1 fully saturated rings. The highest BCUT2D eigenvalue weighted by Gasteiger charge is 2.15. The Balaban J connectivity index is 1.97. The standard InChI is InChI=1S/C12H26N2O4S/c1-19(16,17)14-8-7-13-9-11(15)10-18-12-5-3-2-4-6-12/h11-15H,2-10H2,1H3. The van der Waals surface area contributed by atoms with Crippen molar-refractivity contribution in [3.05, 3.63) is 0 Å². The van der Waals surface area contributed by atoms with Gasteiger partial charge in [-0.3, -0.25) is 0 Å². The molecule has 0 aromatic carbocycles. The number of ether oxygens (including phenoxy) is 1. The third-order valence-electron chi connectivity index (χ3n) is 3.12. The Labute approximate surface area is 116 Å². The fraction of sp³-hybridized carbons (Fsp3) is 1.00. The van der Waals surface area contributed by atoms with Crippen LogP contribution in [0.1, 0.15) is 32.1 Å². The van der Waals surface area contributed by atoms with Gasteiger partial charge in [0, 0.05) is 19.6 Å². The smallest absolute Gasteiger partial charge is 0.208 e. The molecule has 7 heteroatoms. The van der Waals surface area contributed by atoms with Gasteiger partial charge in [-0.1, -0.05) is 19.3 Å². The Morgan fingerprint density at radius 1 is 1.26 bits per heavy atom. The summed E-state index contributed by atoms with van der Waals surface area (Å²) in [6, 6.07) is 0. The maximum absolute atomic E-state index is 10.8. The van der Waals surface area contributed by atoms with E-state index in [-0.39, 0.29) is 0 Å². The zero-order chi connectivity index (χ0) is 14.1. The molecule has 3 N–H and O–H groups in total. The average Bonchev–Trinajstić information content (AvgIpc) is 2.36. The van der Waals surface area contributed by atoms with Crippen molar-refractivity contribution in [2.45, 2.75) is 44.3 Å². The number of hydrogen-bond donors (Lipinski definition) is 3. The fourth-order valence-electron chi connectivity index (χ4n) is 2.13. The first-order valence-corrected chi connectivity index (χ1v) is 8.81. The average molecular weight is 294 g/mol. The number of nitrogens with one attached hydrogen (secondary N) is 2. The van der Waals surface area contributed by atoms with Gasteiger partial charge in [0.05, 0.1) is 25.1 Å². The van der Waals surface area contributed by atoms with E-state index in [0.29, 0.717) is 32.3 Å². The van der Waals surface area contributed by atoms with Crippen LogP contribution in [0.3, 0.4) is 0 Å². The molecule has 1 unspecified atom stereocenters. The largest absolute Gasteiger partial charge is 0.389 e. The minimum absolute atomic E-state index is 0.301. The number of rotatable bonds is 9. The predicted octanol–water partition coefficient (Wildman–Crippen LogP) is -0.165. The summed E-state index contributed by atoms with van der Waals surface area (Å²) in [5.41, 5.74) is 0. The van der Waals surface area contributed by atoms with Crippen LogP contribution < -0.4 is 10.0 Å². The van der Waals surface area contributed by atoms with Crippen LogP contribution in [0.5, 0.6) is 0 Å². The molecule has 114 valence electrons. The van der Waals surface area contributed by atoms with Gasteiger partial charge in [0.1, 0.15) is 0 Å². The van der Waals surface area contributed by atoms with Crippen molar-refractivity contribution in [2.75, 3.05) is 32.5 Å². The van der Waals surface area contributed by atoms with E-state index in [0.717, 1.165) is 19.1 Å². The van der Waals surface area contributed by atoms with Crippen LogP contribution in [0.2, 0.25) is 0 Å². The second kappa shape index (κ2) is 8.86. The molecule has 0 bridgehead atoms. The summed E-state index contributed by atoms with van der Waals surface area (Å²) in [6.45, 7) is 1.58. The molecule has 0 aromatic heterocycles. The third kappa shape index (κ3) is 9.34. The van der Waals surface area contributed by atoms with Crippen LogP contribution in [-0.2, 0) is 14.8 Å². The SMILES string of the molecule is CS(=O)(=O)NCCNCC(O)COC1CCCCC1. The maximum Gasteiger partial charge on any atom is 0.208 e. The molecule has 1 saturated carbocycles. The number of aliphatic hydroxyl groups is 1. The minimum atomic E-state index is -3.13. The summed E-state index contributed by atoms with van der Waals surface area (Å²) in [5, 5.41) is 12.7. The summed E-state index contributed by atoms with van der Waals surface area (Å²) >= 11 is 0. The van der Waals surface area contributed by atoms with E-state index in [1.807, 2.05) is 0 Å². The minimum Gasteiger partial charge on any atom is -0.389 e. The van der Waals surface area contributed by atoms with Gasteiger partial charge in [0.15, 0.2) is 0 Å². The molecule has 0 aliphatic heterocycles. The molecule has 1 rings (SSSR count). The van der Waals surface area contributed by atoms with Gasteiger partial charge in [0.2, 0.25) is 10.0 Å². The lowest BCUT2D eigenvalue weighted by atomic mass is 9.98. The van der Waals surface area contributed by atoms with Gasteiger partial charge in [0.25, 0.3) is 0 Å². The highest BCUT2D eigenvalue weighted by molar-refractivity contribution is 7.88. The number of hydrogen-bond acceptors (Lipinski definition) is 5. The van der Waals surface area contributed by atoms with Crippen molar-refractivity contribution < 1.29 is 18.3 Å². The first kappa shape index (κ1) is 16.8. The van der Waals surface area contributed by atoms with E-state index < -0.39 is 16.1 Å². The lowest BCUT2D eigenvalue weighted by Crippen LogP contribution is -2.37. The summed E-state index contributed by atoms with van der Waals surface area (Å²) in [4.78, 5) is 0. The topological polar surface area (TPSA) is 87.7 Å². The first-order valence-electron chi connectivity index (χ1n) is 6.92. The van der Waals surface area contributed by atoms with Crippen LogP contribution in [0, 0.1) is 0 Å². The summed E-state index contributed by atoms with van der Waals surface area (Å²) in [7, 11) is -3.13. The zero-order valence-corrected chi connectivity index (χ0v) is 12.4. The zero-order valence-electron chi connectivity index (χ0n) is 11.6. The predicted molar refractivity (Wildman–Crippen MR) is 74.5 cm³/mol. The molecule has 1 aliphatic rings. The first-order chi connectivity index (χ1) is 8.97. The van der Waals surface area contributed by atoms with Crippen molar-refractivity contribution >= 4 is 10.0 Å². The molecule has 1 atom stereocenters. The molecule has 0 aromatic rings. The van der Waals surface area contributed by atoms with Crippen molar-refractivity contribution in [3.8, 4) is 0 Å². The lowest BCUT2D eigenvalue weighted by molar-refractivity contribution is -0.0228. The fourth-order valence-corrected chi connectivity index (χ4v) is 2.60. The molecule has 0 radical (unpaired) electrons. The molecule has 1 aliphatic carbocycles. The summed E-state index contributed by atoms with van der Waals surface area (Å²) in [6.07, 6.45) is 6.80. The number of aliphatic hydroxyl groups excluding tert-OH is 1. The van der Waals surface area contributed by atoms with E-state index in [1.165, 1.54) is 19.3 Å². The third-order valence-corrected chi connectivity index (χ3v) is 3.85. The second-order valence-electron chi connectivity index (χ2n) is 5.12. The lowest BCUT2D eigenvalue weighted by Gasteiger charge is -2.23. The maximum atomic E-state index is 10.8. The summed E-state index contributed by atoms with van der Waals surface area (Å²) < 4.78 is 29.6. The molecule has 0 heterocycles. The van der Waals surface area contributed by atoms with Crippen LogP contribution in [0.15, 0.2) is 0 Å². The van der Waals surface area contributed by atoms with E-state index in [4.69, 9.17) is 4.74 Å². The van der Waals surface area contributed by atoms with Gasteiger partial charge in [-0.05, 0) is 12.8 Å². The van der Waals surface area contributed by atoms with Crippen LogP contribution in [-0.4, -0.2) is 58.2 Å². The molecular weight excluding hydrogens is 268 g/mol. The van der Waals surface area contributed by atoms with Crippen LogP contribution in [0.25, 0.3) is 0 Å².